The minimum Gasteiger partial charge on any atom is -0.484 e. The van der Waals surface area contributed by atoms with Crippen molar-refractivity contribution >= 4 is 34.4 Å². The van der Waals surface area contributed by atoms with Crippen LogP contribution in [0.1, 0.15) is 18.4 Å². The maximum absolute atomic E-state index is 12.4. The maximum Gasteiger partial charge on any atom is 0.387 e. The summed E-state index contributed by atoms with van der Waals surface area (Å²) >= 11 is 6.56. The van der Waals surface area contributed by atoms with Gasteiger partial charge in [0.25, 0.3) is 5.91 Å². The molecule has 40 heavy (non-hydrogen) atoms. The van der Waals surface area contributed by atoms with Gasteiger partial charge < -0.3 is 25.1 Å². The predicted molar refractivity (Wildman–Crippen MR) is 149 cm³/mol. The van der Waals surface area contributed by atoms with Crippen LogP contribution in [-0.4, -0.2) is 65.2 Å². The summed E-state index contributed by atoms with van der Waals surface area (Å²) in [5.41, 5.74) is 3.94. The normalized spacial score (nSPS) is 14.4. The van der Waals surface area contributed by atoms with Crippen LogP contribution in [0, 0.1) is 0 Å². The quantitative estimate of drug-likeness (QED) is 0.244. The van der Waals surface area contributed by atoms with Gasteiger partial charge in [-0.3, -0.25) is 9.69 Å². The molecule has 1 amide bonds. The van der Waals surface area contributed by atoms with Crippen LogP contribution in [0.3, 0.4) is 0 Å². The van der Waals surface area contributed by atoms with E-state index < -0.39 is 6.61 Å². The van der Waals surface area contributed by atoms with Crippen molar-refractivity contribution in [3.63, 3.8) is 0 Å². The summed E-state index contributed by atoms with van der Waals surface area (Å²) in [5.74, 6) is 1.18. The molecule has 0 atom stereocenters. The number of likely N-dealkylation sites (tertiary alicyclic amines) is 1. The van der Waals surface area contributed by atoms with Gasteiger partial charge in [-0.15, -0.1) is 0 Å². The van der Waals surface area contributed by atoms with E-state index in [2.05, 4.69) is 35.2 Å². The standard InChI is InChI=1S/C28H29ClF2N6O3/c1-32-23(38)16-39-20-8-4-18(5-9-20)26-35-25-24(22(29)14-33-27(25)36-26)34-19-10-12-37(13-11-19)15-17-2-6-21(7-3-17)40-28(30)31/h2-9,14,19,28H,10-13,15-16H2,1H3,(H,32,38)(H2,33,34,35,36). The highest BCUT2D eigenvalue weighted by molar-refractivity contribution is 6.34. The van der Waals surface area contributed by atoms with Crippen molar-refractivity contribution in [3.05, 3.63) is 65.3 Å². The van der Waals surface area contributed by atoms with Crippen molar-refractivity contribution in [1.29, 1.82) is 0 Å². The number of rotatable bonds is 10. The maximum atomic E-state index is 12.4. The molecular formula is C28H29ClF2N6O3. The first-order valence-corrected chi connectivity index (χ1v) is 13.3. The first kappa shape index (κ1) is 27.6. The van der Waals surface area contributed by atoms with Crippen LogP contribution in [0.25, 0.3) is 22.6 Å². The van der Waals surface area contributed by atoms with Crippen molar-refractivity contribution in [2.75, 3.05) is 32.1 Å². The van der Waals surface area contributed by atoms with Gasteiger partial charge >= 0.3 is 6.61 Å². The van der Waals surface area contributed by atoms with Gasteiger partial charge in [0.2, 0.25) is 0 Å². The molecule has 1 saturated heterocycles. The van der Waals surface area contributed by atoms with Crippen molar-refractivity contribution < 1.29 is 23.0 Å². The summed E-state index contributed by atoms with van der Waals surface area (Å²) < 4.78 is 34.6. The van der Waals surface area contributed by atoms with E-state index in [1.807, 2.05) is 24.3 Å². The van der Waals surface area contributed by atoms with Crippen molar-refractivity contribution in [3.8, 4) is 22.9 Å². The number of nitrogens with one attached hydrogen (secondary N) is 3. The summed E-state index contributed by atoms with van der Waals surface area (Å²) in [6.45, 7) is -0.387. The number of pyridine rings is 1. The van der Waals surface area contributed by atoms with E-state index in [0.717, 1.165) is 54.8 Å². The van der Waals surface area contributed by atoms with E-state index in [4.69, 9.17) is 16.3 Å². The molecule has 0 unspecified atom stereocenters. The molecule has 0 radical (unpaired) electrons. The molecule has 1 fully saturated rings. The molecule has 0 saturated carbocycles. The first-order valence-electron chi connectivity index (χ1n) is 12.9. The molecule has 4 aromatic rings. The van der Waals surface area contributed by atoms with E-state index in [-0.39, 0.29) is 24.3 Å². The number of H-pyrrole nitrogens is 1. The molecule has 3 N–H and O–H groups in total. The van der Waals surface area contributed by atoms with Crippen LogP contribution in [0.2, 0.25) is 5.02 Å². The number of imidazole rings is 1. The molecule has 5 rings (SSSR count). The molecule has 0 spiro atoms. The van der Waals surface area contributed by atoms with Crippen molar-refractivity contribution in [1.82, 2.24) is 25.2 Å². The smallest absolute Gasteiger partial charge is 0.387 e. The molecule has 12 heteroatoms. The first-order chi connectivity index (χ1) is 19.4. The Balaban J connectivity index is 1.21. The zero-order chi connectivity index (χ0) is 28.1. The number of benzene rings is 2. The zero-order valence-electron chi connectivity index (χ0n) is 21.8. The van der Waals surface area contributed by atoms with Crippen molar-refractivity contribution in [2.24, 2.45) is 0 Å². The SMILES string of the molecule is CNC(=O)COc1ccc(-c2nc3ncc(Cl)c(NC4CCN(Cc5ccc(OC(F)F)cc5)CC4)c3[nH]2)cc1. The monoisotopic (exact) mass is 570 g/mol. The number of anilines is 1. The molecule has 0 aliphatic carbocycles. The molecule has 210 valence electrons. The van der Waals surface area contributed by atoms with Gasteiger partial charge in [0.05, 0.1) is 16.9 Å². The number of halogens is 3. The minimum absolute atomic E-state index is 0.0526. The van der Waals surface area contributed by atoms with Crippen LogP contribution in [-0.2, 0) is 11.3 Å². The minimum atomic E-state index is -2.82. The Kier molecular flexibility index (Phi) is 8.61. The van der Waals surface area contributed by atoms with Crippen LogP contribution >= 0.6 is 11.6 Å². The number of amides is 1. The third-order valence-corrected chi connectivity index (χ3v) is 7.03. The second-order valence-corrected chi connectivity index (χ2v) is 9.88. The number of aromatic amines is 1. The predicted octanol–water partition coefficient (Wildman–Crippen LogP) is 5.08. The molecule has 3 heterocycles. The summed E-state index contributed by atoms with van der Waals surface area (Å²) in [5, 5.41) is 6.62. The number of hydrogen-bond acceptors (Lipinski definition) is 7. The lowest BCUT2D eigenvalue weighted by Gasteiger charge is -2.33. The number of aromatic nitrogens is 3. The highest BCUT2D eigenvalue weighted by Gasteiger charge is 2.22. The zero-order valence-corrected chi connectivity index (χ0v) is 22.5. The summed E-state index contributed by atoms with van der Waals surface area (Å²) in [6.07, 6.45) is 3.42. The summed E-state index contributed by atoms with van der Waals surface area (Å²) in [6, 6.07) is 14.3. The molecule has 1 aliphatic rings. The summed E-state index contributed by atoms with van der Waals surface area (Å²) in [7, 11) is 1.56. The van der Waals surface area contributed by atoms with Gasteiger partial charge in [0.15, 0.2) is 12.3 Å². The van der Waals surface area contributed by atoms with Gasteiger partial charge in [0, 0.05) is 38.3 Å². The van der Waals surface area contributed by atoms with Crippen LogP contribution in [0.4, 0.5) is 14.5 Å². The van der Waals surface area contributed by atoms with Gasteiger partial charge in [-0.05, 0) is 54.8 Å². The topological polar surface area (TPSA) is 104 Å². The van der Waals surface area contributed by atoms with Gasteiger partial charge in [-0.25, -0.2) is 9.97 Å². The highest BCUT2D eigenvalue weighted by Crippen LogP contribution is 2.32. The second-order valence-electron chi connectivity index (χ2n) is 9.47. The molecule has 1 aliphatic heterocycles. The van der Waals surface area contributed by atoms with Gasteiger partial charge in [-0.1, -0.05) is 23.7 Å². The second kappa shape index (κ2) is 12.5. The Morgan fingerprint density at radius 2 is 1.82 bits per heavy atom. The Labute approximate surface area is 234 Å². The van der Waals surface area contributed by atoms with E-state index in [9.17, 15) is 13.6 Å². The van der Waals surface area contributed by atoms with E-state index in [0.29, 0.717) is 22.2 Å². The fourth-order valence-corrected chi connectivity index (χ4v) is 4.81. The number of carbonyl (C=O) groups excluding carboxylic acids is 1. The largest absolute Gasteiger partial charge is 0.484 e. The van der Waals surface area contributed by atoms with E-state index >= 15 is 0 Å². The number of piperidine rings is 1. The fraction of sp³-hybridized carbons (Fsp3) is 0.321. The Bertz CT molecular complexity index is 1440. The highest BCUT2D eigenvalue weighted by atomic mass is 35.5. The Morgan fingerprint density at radius 3 is 2.50 bits per heavy atom. The van der Waals surface area contributed by atoms with Gasteiger partial charge in [0.1, 0.15) is 22.8 Å². The fourth-order valence-electron chi connectivity index (χ4n) is 4.62. The van der Waals surface area contributed by atoms with Crippen LogP contribution in [0.5, 0.6) is 11.5 Å². The molecule has 2 aromatic carbocycles. The average Bonchev–Trinajstić information content (AvgIpc) is 3.40. The lowest BCUT2D eigenvalue weighted by atomic mass is 10.0. The van der Waals surface area contributed by atoms with Crippen LogP contribution < -0.4 is 20.1 Å². The molecule has 2 aromatic heterocycles. The van der Waals surface area contributed by atoms with E-state index in [1.165, 1.54) is 0 Å². The number of nitrogens with zero attached hydrogens (tertiary/aromatic N) is 3. The van der Waals surface area contributed by atoms with Crippen LogP contribution in [0.15, 0.2) is 54.7 Å². The number of fused-ring (bicyclic) bond motifs is 1. The third kappa shape index (κ3) is 6.78. The molecule has 0 bridgehead atoms. The number of carbonyl (C=O) groups is 1. The molecule has 9 nitrogen and oxygen atoms in total. The lowest BCUT2D eigenvalue weighted by molar-refractivity contribution is -0.122. The van der Waals surface area contributed by atoms with Crippen molar-refractivity contribution in [2.45, 2.75) is 32.0 Å². The number of hydrogen-bond donors (Lipinski definition) is 3. The average molecular weight is 571 g/mol. The number of alkyl halides is 2. The Hall–Kier alpha value is -3.96. The Morgan fingerprint density at radius 1 is 1.12 bits per heavy atom. The molecular weight excluding hydrogens is 542 g/mol. The van der Waals surface area contributed by atoms with E-state index in [1.54, 1.807) is 37.5 Å². The number of likely N-dealkylation sites (N-methyl/N-ethyl adjacent to an activating group) is 1. The number of ether oxygens (including phenoxy) is 2. The third-order valence-electron chi connectivity index (χ3n) is 6.74. The van der Waals surface area contributed by atoms with Gasteiger partial charge in [-0.2, -0.15) is 8.78 Å². The summed E-state index contributed by atoms with van der Waals surface area (Å²) in [4.78, 5) is 26.1. The lowest BCUT2D eigenvalue weighted by Crippen LogP contribution is -2.38.